The lowest BCUT2D eigenvalue weighted by molar-refractivity contribution is -0.383. The Balaban J connectivity index is 1.56. The lowest BCUT2D eigenvalue weighted by Crippen LogP contribution is -2.63. The van der Waals surface area contributed by atoms with Crippen LogP contribution in [0, 0.1) is 0 Å². The average Bonchev–Trinajstić information content (AvgIpc) is 3.38. The number of methoxy groups -OCH3 is 2. The number of benzene rings is 2. The third-order valence-corrected chi connectivity index (χ3v) is 8.00. The van der Waals surface area contributed by atoms with E-state index in [2.05, 4.69) is 0 Å². The average molecular weight is 737 g/mol. The standard InChI is InChI=1S/C34H40O18/c1-17(36)47-14-24-28(41)30(43)31(44)33(49-24)52-34(16-35)32(50-27(40)11-7-19-5-9-21(38)23(13-19)46-3)29(42)25(51-34)15-48-26(39)10-6-18-4-8-20(37)22(12-18)45-2/h4-13,24-25,28-33,35,37-38,41-44H,14-16H2,1-3H3/b10-6+,11-7-/t24-,25-,28-,29-,30+,31-,32+,33-,34+/m1/s1. The van der Waals surface area contributed by atoms with Gasteiger partial charge < -0.3 is 73.6 Å². The molecule has 18 heteroatoms. The minimum atomic E-state index is -2.54. The maximum absolute atomic E-state index is 13.0. The molecular weight excluding hydrogens is 696 g/mol. The summed E-state index contributed by atoms with van der Waals surface area (Å²) in [5.41, 5.74) is 0.862. The zero-order valence-corrected chi connectivity index (χ0v) is 28.1. The molecule has 9 atom stereocenters. The van der Waals surface area contributed by atoms with Gasteiger partial charge in [-0.2, -0.15) is 0 Å². The molecule has 284 valence electrons. The van der Waals surface area contributed by atoms with Gasteiger partial charge in [-0.15, -0.1) is 0 Å². The highest BCUT2D eigenvalue weighted by atomic mass is 16.8. The van der Waals surface area contributed by atoms with Gasteiger partial charge in [-0.3, -0.25) is 4.79 Å². The molecule has 7 N–H and O–H groups in total. The van der Waals surface area contributed by atoms with Crippen LogP contribution >= 0.6 is 0 Å². The molecule has 0 bridgehead atoms. The summed E-state index contributed by atoms with van der Waals surface area (Å²) in [5, 5.41) is 73.1. The zero-order valence-electron chi connectivity index (χ0n) is 28.1. The predicted molar refractivity (Wildman–Crippen MR) is 173 cm³/mol. The van der Waals surface area contributed by atoms with Crippen molar-refractivity contribution in [1.29, 1.82) is 0 Å². The van der Waals surface area contributed by atoms with Gasteiger partial charge in [0, 0.05) is 19.1 Å². The Hall–Kier alpha value is -4.79. The van der Waals surface area contributed by atoms with Gasteiger partial charge in [0.2, 0.25) is 5.79 Å². The number of esters is 3. The molecule has 2 fully saturated rings. The van der Waals surface area contributed by atoms with E-state index >= 15 is 0 Å². The van der Waals surface area contributed by atoms with E-state index < -0.39 is 92.5 Å². The van der Waals surface area contributed by atoms with Gasteiger partial charge >= 0.3 is 17.9 Å². The van der Waals surface area contributed by atoms with Crippen LogP contribution in [0.4, 0.5) is 0 Å². The highest BCUT2D eigenvalue weighted by Gasteiger charge is 2.61. The number of aromatic hydroxyl groups is 2. The van der Waals surface area contributed by atoms with E-state index in [1.54, 1.807) is 0 Å². The van der Waals surface area contributed by atoms with Crippen LogP contribution in [0.3, 0.4) is 0 Å². The summed E-state index contributed by atoms with van der Waals surface area (Å²) in [5.74, 6) is -5.30. The van der Waals surface area contributed by atoms with Gasteiger partial charge in [0.05, 0.1) is 14.2 Å². The van der Waals surface area contributed by atoms with E-state index in [4.69, 9.17) is 37.9 Å². The van der Waals surface area contributed by atoms with Gasteiger partial charge in [-0.25, -0.2) is 9.59 Å². The number of carbonyl (C=O) groups excluding carboxylic acids is 3. The maximum atomic E-state index is 13.0. The summed E-state index contributed by atoms with van der Waals surface area (Å²) >= 11 is 0. The molecule has 0 unspecified atom stereocenters. The highest BCUT2D eigenvalue weighted by molar-refractivity contribution is 5.88. The summed E-state index contributed by atoms with van der Waals surface area (Å²) in [6.45, 7) is -1.35. The van der Waals surface area contributed by atoms with Crippen molar-refractivity contribution in [3.63, 3.8) is 0 Å². The molecule has 2 aliphatic rings. The Bertz CT molecular complexity index is 1630. The van der Waals surface area contributed by atoms with Crippen molar-refractivity contribution < 1.29 is 88.0 Å². The van der Waals surface area contributed by atoms with E-state index in [0.29, 0.717) is 11.1 Å². The largest absolute Gasteiger partial charge is 0.504 e. The van der Waals surface area contributed by atoms with Crippen LogP contribution in [0.15, 0.2) is 48.6 Å². The Labute approximate surface area is 296 Å². The summed E-state index contributed by atoms with van der Waals surface area (Å²) < 4.78 is 42.7. The van der Waals surface area contributed by atoms with Gasteiger partial charge in [-0.1, -0.05) is 12.1 Å². The molecule has 18 nitrogen and oxygen atoms in total. The zero-order chi connectivity index (χ0) is 38.2. The van der Waals surface area contributed by atoms with Crippen LogP contribution in [-0.2, 0) is 42.8 Å². The second-order valence-corrected chi connectivity index (χ2v) is 11.6. The molecule has 2 aromatic carbocycles. The van der Waals surface area contributed by atoms with Crippen molar-refractivity contribution in [2.24, 2.45) is 0 Å². The smallest absolute Gasteiger partial charge is 0.331 e. The molecule has 2 aliphatic heterocycles. The SMILES string of the molecule is COc1cc(/C=C\C(=O)O[C@H]2[C@H](O)[C@@H](COC(=O)/C=C/c3ccc(O)c(OC)c3)O[C@@]2(CO)O[C@H]2O[C@H](COC(C)=O)[C@@H](O)[C@H](O)[C@H]2O)ccc1O. The molecule has 0 radical (unpaired) electrons. The molecule has 2 heterocycles. The minimum Gasteiger partial charge on any atom is -0.504 e. The number of hydrogen-bond donors (Lipinski definition) is 7. The van der Waals surface area contributed by atoms with Crippen LogP contribution in [0.1, 0.15) is 18.1 Å². The third kappa shape index (κ3) is 9.55. The number of rotatable bonds is 14. The number of phenolic OH excluding ortho intramolecular Hbond substituents is 2. The van der Waals surface area contributed by atoms with Crippen molar-refractivity contribution in [2.75, 3.05) is 34.0 Å². The minimum absolute atomic E-state index is 0.114. The van der Waals surface area contributed by atoms with Crippen LogP contribution in [0.25, 0.3) is 12.2 Å². The maximum Gasteiger partial charge on any atom is 0.331 e. The lowest BCUT2D eigenvalue weighted by Gasteiger charge is -2.43. The first-order valence-electron chi connectivity index (χ1n) is 15.7. The van der Waals surface area contributed by atoms with Crippen LogP contribution in [0.2, 0.25) is 0 Å². The van der Waals surface area contributed by atoms with Crippen molar-refractivity contribution in [3.8, 4) is 23.0 Å². The fourth-order valence-corrected chi connectivity index (χ4v) is 5.25. The van der Waals surface area contributed by atoms with Gasteiger partial charge in [0.1, 0.15) is 56.4 Å². The Morgan fingerprint density at radius 2 is 1.33 bits per heavy atom. The molecule has 0 saturated carbocycles. The highest BCUT2D eigenvalue weighted by Crippen LogP contribution is 2.38. The van der Waals surface area contributed by atoms with Crippen molar-refractivity contribution in [3.05, 3.63) is 59.7 Å². The Morgan fingerprint density at radius 3 is 1.87 bits per heavy atom. The van der Waals surface area contributed by atoms with Crippen LogP contribution in [0.5, 0.6) is 23.0 Å². The molecule has 0 amide bonds. The molecule has 52 heavy (non-hydrogen) atoms. The fourth-order valence-electron chi connectivity index (χ4n) is 5.25. The summed E-state index contributed by atoms with van der Waals surface area (Å²) in [4.78, 5) is 37.0. The van der Waals surface area contributed by atoms with Crippen LogP contribution in [-0.4, -0.2) is 142 Å². The number of hydrogen-bond acceptors (Lipinski definition) is 18. The monoisotopic (exact) mass is 736 g/mol. The van der Waals surface area contributed by atoms with Gasteiger partial charge in [0.15, 0.2) is 35.4 Å². The first-order chi connectivity index (χ1) is 24.7. The summed E-state index contributed by atoms with van der Waals surface area (Å²) in [6, 6.07) is 8.50. The molecule has 0 aliphatic carbocycles. The van der Waals surface area contributed by atoms with E-state index in [0.717, 1.165) is 19.1 Å². The summed E-state index contributed by atoms with van der Waals surface area (Å²) in [7, 11) is 2.68. The second kappa shape index (κ2) is 17.6. The van der Waals surface area contributed by atoms with E-state index in [-0.39, 0.29) is 23.0 Å². The van der Waals surface area contributed by atoms with Gasteiger partial charge in [-0.05, 0) is 47.5 Å². The lowest BCUT2D eigenvalue weighted by atomic mass is 9.99. The Kier molecular flexibility index (Phi) is 13.6. The number of ether oxygens (including phenoxy) is 8. The first kappa shape index (κ1) is 40.0. The van der Waals surface area contributed by atoms with E-state index in [1.807, 2.05) is 0 Å². The van der Waals surface area contributed by atoms with Crippen molar-refractivity contribution in [2.45, 2.75) is 61.7 Å². The van der Waals surface area contributed by atoms with Crippen molar-refractivity contribution in [1.82, 2.24) is 0 Å². The molecule has 2 saturated heterocycles. The fraction of sp³-hybridized carbons (Fsp3) is 0.441. The van der Waals surface area contributed by atoms with Gasteiger partial charge in [0.25, 0.3) is 0 Å². The van der Waals surface area contributed by atoms with Crippen LogP contribution < -0.4 is 9.47 Å². The predicted octanol–water partition coefficient (Wildman–Crippen LogP) is -0.868. The van der Waals surface area contributed by atoms with E-state index in [9.17, 15) is 50.1 Å². The number of aliphatic hydroxyl groups excluding tert-OH is 5. The number of aliphatic hydroxyl groups is 5. The third-order valence-electron chi connectivity index (χ3n) is 8.00. The molecule has 0 aromatic heterocycles. The normalized spacial score (nSPS) is 28.8. The first-order valence-corrected chi connectivity index (χ1v) is 15.7. The van der Waals surface area contributed by atoms with Crippen molar-refractivity contribution >= 4 is 30.1 Å². The molecule has 2 aromatic rings. The number of carbonyl (C=O) groups is 3. The molecule has 0 spiro atoms. The molecule has 4 rings (SSSR count). The summed E-state index contributed by atoms with van der Waals surface area (Å²) in [6.07, 6.45) is -9.75. The molecular formula is C34H40O18. The quantitative estimate of drug-likeness (QED) is 0.0706. The van der Waals surface area contributed by atoms with E-state index in [1.165, 1.54) is 62.8 Å². The topological polar surface area (TPSA) is 267 Å². The second-order valence-electron chi connectivity index (χ2n) is 11.6. The Morgan fingerprint density at radius 1 is 0.769 bits per heavy atom. The number of phenols is 2.